The highest BCUT2D eigenvalue weighted by Gasteiger charge is 2.15. The quantitative estimate of drug-likeness (QED) is 0.556. The van der Waals surface area contributed by atoms with Crippen molar-refractivity contribution in [3.05, 3.63) is 59.2 Å². The molecule has 146 valence electrons. The lowest BCUT2D eigenvalue weighted by molar-refractivity contribution is -0.146. The van der Waals surface area contributed by atoms with E-state index in [0.29, 0.717) is 28.1 Å². The van der Waals surface area contributed by atoms with Crippen LogP contribution in [-0.2, 0) is 20.7 Å². The van der Waals surface area contributed by atoms with Crippen LogP contribution in [0.25, 0.3) is 0 Å². The minimum absolute atomic E-state index is 0.138. The molecule has 28 heavy (non-hydrogen) atoms. The van der Waals surface area contributed by atoms with Crippen LogP contribution in [0.4, 0.5) is 5.69 Å². The number of esters is 1. The number of methoxy groups -OCH3 is 1. The van der Waals surface area contributed by atoms with E-state index >= 15 is 0 Å². The molecular formula is C21H21NO6. The molecule has 0 heterocycles. The second-order valence-electron chi connectivity index (χ2n) is 6.07. The number of hydrogen-bond acceptors (Lipinski definition) is 6. The Balaban J connectivity index is 1.98. The molecule has 7 nitrogen and oxygen atoms in total. The van der Waals surface area contributed by atoms with Crippen LogP contribution in [0.5, 0.6) is 5.75 Å². The number of rotatable bonds is 8. The Kier molecular flexibility index (Phi) is 7.03. The van der Waals surface area contributed by atoms with Gasteiger partial charge in [-0.15, -0.1) is 0 Å². The molecule has 2 aromatic rings. The van der Waals surface area contributed by atoms with Gasteiger partial charge in [-0.2, -0.15) is 0 Å². The topological polar surface area (TPSA) is 98.8 Å². The molecule has 1 N–H and O–H groups in total. The minimum atomic E-state index is -0.644. The fraction of sp³-hybridized carbons (Fsp3) is 0.238. The maximum atomic E-state index is 12.1. The molecule has 0 bridgehead atoms. The Labute approximate surface area is 162 Å². The van der Waals surface area contributed by atoms with Gasteiger partial charge in [0.05, 0.1) is 19.2 Å². The normalized spacial score (nSPS) is 10.1. The average molecular weight is 383 g/mol. The fourth-order valence-corrected chi connectivity index (χ4v) is 2.57. The van der Waals surface area contributed by atoms with E-state index in [1.807, 2.05) is 0 Å². The van der Waals surface area contributed by atoms with Crippen LogP contribution in [0.1, 0.15) is 40.1 Å². The molecule has 0 saturated heterocycles. The van der Waals surface area contributed by atoms with E-state index in [4.69, 9.17) is 9.47 Å². The van der Waals surface area contributed by atoms with Crippen molar-refractivity contribution in [2.24, 2.45) is 0 Å². The van der Waals surface area contributed by atoms with Gasteiger partial charge in [-0.3, -0.25) is 19.2 Å². The van der Waals surface area contributed by atoms with Crippen molar-refractivity contribution in [3.8, 4) is 5.75 Å². The predicted octanol–water partition coefficient (Wildman–Crippen LogP) is 2.82. The monoisotopic (exact) mass is 383 g/mol. The number of hydrogen-bond donors (Lipinski definition) is 1. The fourth-order valence-electron chi connectivity index (χ4n) is 2.57. The van der Waals surface area contributed by atoms with Gasteiger partial charge in [-0.05, 0) is 44.2 Å². The second kappa shape index (κ2) is 9.45. The van der Waals surface area contributed by atoms with E-state index in [1.54, 1.807) is 42.5 Å². The van der Waals surface area contributed by atoms with E-state index in [-0.39, 0.29) is 18.0 Å². The van der Waals surface area contributed by atoms with Gasteiger partial charge in [-0.25, -0.2) is 0 Å². The number of nitrogens with one attached hydrogen (secondary N) is 1. The molecule has 0 atom stereocenters. The van der Waals surface area contributed by atoms with Crippen molar-refractivity contribution in [3.63, 3.8) is 0 Å². The highest BCUT2D eigenvalue weighted by Crippen LogP contribution is 2.21. The van der Waals surface area contributed by atoms with Crippen molar-refractivity contribution in [1.82, 2.24) is 0 Å². The van der Waals surface area contributed by atoms with Crippen LogP contribution in [0, 0.1) is 0 Å². The molecule has 2 rings (SSSR count). The summed E-state index contributed by atoms with van der Waals surface area (Å²) in [5, 5.41) is 2.55. The van der Waals surface area contributed by atoms with Gasteiger partial charge in [0, 0.05) is 16.7 Å². The van der Waals surface area contributed by atoms with E-state index in [1.165, 1.54) is 21.0 Å². The van der Waals surface area contributed by atoms with Crippen LogP contribution in [0.15, 0.2) is 42.5 Å². The average Bonchev–Trinajstić information content (AvgIpc) is 2.66. The molecule has 0 radical (unpaired) electrons. The summed E-state index contributed by atoms with van der Waals surface area (Å²) in [7, 11) is 1.46. The third kappa shape index (κ3) is 5.51. The molecule has 0 aliphatic carbocycles. The smallest absolute Gasteiger partial charge is 0.310 e. The van der Waals surface area contributed by atoms with Crippen molar-refractivity contribution in [1.29, 1.82) is 0 Å². The Morgan fingerprint density at radius 1 is 0.964 bits per heavy atom. The summed E-state index contributed by atoms with van der Waals surface area (Å²) in [5.41, 5.74) is 1.66. The summed E-state index contributed by atoms with van der Waals surface area (Å²) in [5.74, 6) is -1.09. The Morgan fingerprint density at radius 3 is 2.32 bits per heavy atom. The number of para-hydroxylation sites is 1. The first-order valence-electron chi connectivity index (χ1n) is 8.55. The zero-order chi connectivity index (χ0) is 20.7. The molecule has 2 aromatic carbocycles. The van der Waals surface area contributed by atoms with Crippen LogP contribution in [0.3, 0.4) is 0 Å². The van der Waals surface area contributed by atoms with Crippen LogP contribution in [0.2, 0.25) is 0 Å². The first-order valence-corrected chi connectivity index (χ1v) is 8.55. The molecular weight excluding hydrogens is 362 g/mol. The van der Waals surface area contributed by atoms with E-state index in [0.717, 1.165) is 0 Å². The standard InChI is InChI=1S/C21H21NO6/c1-13(23)15-8-9-19(27-3)16(10-15)11-21(26)28-12-20(25)22-18-7-5-4-6-17(18)14(2)24/h4-10H,11-12H2,1-3H3,(H,22,25). The van der Waals surface area contributed by atoms with Crippen molar-refractivity contribution in [2.75, 3.05) is 19.0 Å². The van der Waals surface area contributed by atoms with Gasteiger partial charge in [-0.1, -0.05) is 12.1 Å². The van der Waals surface area contributed by atoms with Crippen molar-refractivity contribution in [2.45, 2.75) is 20.3 Å². The Bertz CT molecular complexity index is 919. The third-order valence-corrected chi connectivity index (χ3v) is 3.97. The van der Waals surface area contributed by atoms with Gasteiger partial charge >= 0.3 is 5.97 Å². The molecule has 0 aliphatic rings. The van der Waals surface area contributed by atoms with Gasteiger partial charge in [0.2, 0.25) is 0 Å². The minimum Gasteiger partial charge on any atom is -0.496 e. The molecule has 0 saturated carbocycles. The largest absolute Gasteiger partial charge is 0.496 e. The lowest BCUT2D eigenvalue weighted by atomic mass is 10.0. The van der Waals surface area contributed by atoms with Crippen molar-refractivity contribution < 1.29 is 28.7 Å². The lowest BCUT2D eigenvalue weighted by Gasteiger charge is -2.11. The highest BCUT2D eigenvalue weighted by atomic mass is 16.5. The van der Waals surface area contributed by atoms with Crippen LogP contribution >= 0.6 is 0 Å². The summed E-state index contributed by atoms with van der Waals surface area (Å²) < 4.78 is 10.2. The number of anilines is 1. The van der Waals surface area contributed by atoms with Crippen LogP contribution < -0.4 is 10.1 Å². The van der Waals surface area contributed by atoms with Gasteiger partial charge in [0.25, 0.3) is 5.91 Å². The molecule has 0 aromatic heterocycles. The Morgan fingerprint density at radius 2 is 1.68 bits per heavy atom. The number of carbonyl (C=O) groups is 4. The Hall–Kier alpha value is -3.48. The number of carbonyl (C=O) groups excluding carboxylic acids is 4. The summed E-state index contributed by atoms with van der Waals surface area (Å²) in [6.45, 7) is 2.32. The van der Waals surface area contributed by atoms with E-state index < -0.39 is 18.5 Å². The summed E-state index contributed by atoms with van der Waals surface area (Å²) in [6, 6.07) is 11.3. The lowest BCUT2D eigenvalue weighted by Crippen LogP contribution is -2.22. The predicted molar refractivity (Wildman–Crippen MR) is 103 cm³/mol. The first-order chi connectivity index (χ1) is 13.3. The van der Waals surface area contributed by atoms with Gasteiger partial charge in [0.1, 0.15) is 5.75 Å². The maximum Gasteiger partial charge on any atom is 0.310 e. The maximum absolute atomic E-state index is 12.1. The summed E-state index contributed by atoms with van der Waals surface area (Å²) >= 11 is 0. The van der Waals surface area contributed by atoms with E-state index in [9.17, 15) is 19.2 Å². The van der Waals surface area contributed by atoms with Crippen LogP contribution in [-0.4, -0.2) is 37.2 Å². The number of benzene rings is 2. The molecule has 0 fully saturated rings. The first kappa shape index (κ1) is 20.8. The number of amides is 1. The van der Waals surface area contributed by atoms with Crippen molar-refractivity contribution >= 4 is 29.1 Å². The molecule has 7 heteroatoms. The zero-order valence-electron chi connectivity index (χ0n) is 15.9. The molecule has 0 unspecified atom stereocenters. The van der Waals surface area contributed by atoms with E-state index in [2.05, 4.69) is 5.32 Å². The third-order valence-electron chi connectivity index (χ3n) is 3.97. The van der Waals surface area contributed by atoms with Gasteiger partial charge < -0.3 is 14.8 Å². The summed E-state index contributed by atoms with van der Waals surface area (Å²) in [4.78, 5) is 47.2. The molecule has 1 amide bonds. The number of ether oxygens (including phenoxy) is 2. The second-order valence-corrected chi connectivity index (χ2v) is 6.07. The SMILES string of the molecule is COc1ccc(C(C)=O)cc1CC(=O)OCC(=O)Nc1ccccc1C(C)=O. The molecule has 0 aliphatic heterocycles. The molecule has 0 spiro atoms. The summed E-state index contributed by atoms with van der Waals surface area (Å²) in [6.07, 6.45) is -0.151. The van der Waals surface area contributed by atoms with Gasteiger partial charge in [0.15, 0.2) is 18.2 Å². The number of Topliss-reactive ketones (excluding diaryl/α,β-unsaturated/α-hetero) is 2. The zero-order valence-corrected chi connectivity index (χ0v) is 15.9. The highest BCUT2D eigenvalue weighted by molar-refractivity contribution is 6.04. The number of ketones is 2.